The molecule has 6 heteroatoms. The van der Waals surface area contributed by atoms with Gasteiger partial charge in [0.1, 0.15) is 0 Å². The third kappa shape index (κ3) is 0.983. The Morgan fingerprint density at radius 1 is 0.667 bits per heavy atom. The summed E-state index contributed by atoms with van der Waals surface area (Å²) in [6.07, 6.45) is 0.474. The van der Waals surface area contributed by atoms with Crippen LogP contribution in [0.2, 0.25) is 0 Å². The number of nitrogens with two attached hydrogens (primary N) is 6. The lowest BCUT2D eigenvalue weighted by Gasteiger charge is -2.14. The number of nitrogen functional groups attached to an aromatic ring is 4. The van der Waals surface area contributed by atoms with Crippen molar-refractivity contribution in [2.24, 2.45) is 11.5 Å². The number of anilines is 4. The van der Waals surface area contributed by atoms with Crippen molar-refractivity contribution in [3.63, 3.8) is 0 Å². The predicted octanol–water partition coefficient (Wildman–Crippen LogP) is -0.843. The lowest BCUT2D eigenvalue weighted by molar-refractivity contribution is 1.16. The van der Waals surface area contributed by atoms with E-state index in [2.05, 4.69) is 0 Å². The minimum absolute atomic E-state index is 0.268. The fourth-order valence-electron chi connectivity index (χ4n) is 1.82. The van der Waals surface area contributed by atoms with E-state index in [0.717, 1.165) is 5.56 Å². The van der Waals surface area contributed by atoms with Crippen molar-refractivity contribution in [3.8, 4) is 0 Å². The molecule has 0 radical (unpaired) electrons. The molecule has 12 N–H and O–H groups in total. The zero-order chi connectivity index (χ0) is 11.3. The quantitative estimate of drug-likeness (QED) is 0.304. The lowest BCUT2D eigenvalue weighted by Crippen LogP contribution is -2.10. The lowest BCUT2D eigenvalue weighted by atomic mass is 10.0. The SMILES string of the molecule is NC1=C(N)c2c(N)c(N)c(N)c(N)c2C1. The second kappa shape index (κ2) is 2.63. The number of allylic oxidation sites excluding steroid dienone is 1. The van der Waals surface area contributed by atoms with Gasteiger partial charge in [-0.3, -0.25) is 0 Å². The third-order valence-electron chi connectivity index (χ3n) is 2.75. The Bertz CT molecular complexity index is 488. The number of hydrogen-bond donors (Lipinski definition) is 6. The molecule has 1 aliphatic carbocycles. The zero-order valence-electron chi connectivity index (χ0n) is 8.17. The molecule has 0 bridgehead atoms. The maximum atomic E-state index is 5.83. The Kier molecular flexibility index (Phi) is 1.63. The molecule has 0 heterocycles. The van der Waals surface area contributed by atoms with Gasteiger partial charge in [-0.1, -0.05) is 0 Å². The van der Waals surface area contributed by atoms with Crippen LogP contribution in [0.1, 0.15) is 11.1 Å². The molecule has 0 atom stereocenters. The van der Waals surface area contributed by atoms with Crippen molar-refractivity contribution in [1.82, 2.24) is 0 Å². The molecule has 0 fully saturated rings. The Labute approximate surface area is 86.9 Å². The molecule has 0 aliphatic heterocycles. The molecule has 15 heavy (non-hydrogen) atoms. The first-order valence-electron chi connectivity index (χ1n) is 4.44. The van der Waals surface area contributed by atoms with Crippen molar-refractivity contribution in [2.45, 2.75) is 6.42 Å². The van der Waals surface area contributed by atoms with Gasteiger partial charge in [0.15, 0.2) is 0 Å². The van der Waals surface area contributed by atoms with E-state index < -0.39 is 0 Å². The average Bonchev–Trinajstić information content (AvgIpc) is 2.50. The van der Waals surface area contributed by atoms with Gasteiger partial charge in [0, 0.05) is 17.7 Å². The predicted molar refractivity (Wildman–Crippen MR) is 63.1 cm³/mol. The van der Waals surface area contributed by atoms with Crippen LogP contribution in [-0.4, -0.2) is 0 Å². The minimum Gasteiger partial charge on any atom is -0.400 e. The summed E-state index contributed by atoms with van der Waals surface area (Å²) >= 11 is 0. The van der Waals surface area contributed by atoms with Gasteiger partial charge in [-0.2, -0.15) is 0 Å². The summed E-state index contributed by atoms with van der Waals surface area (Å²) in [7, 11) is 0. The fraction of sp³-hybridized carbons (Fsp3) is 0.111. The maximum absolute atomic E-state index is 5.83. The highest BCUT2D eigenvalue weighted by Gasteiger charge is 2.26. The van der Waals surface area contributed by atoms with Gasteiger partial charge < -0.3 is 34.4 Å². The van der Waals surface area contributed by atoms with Crippen LogP contribution in [0, 0.1) is 0 Å². The van der Waals surface area contributed by atoms with Crippen molar-refractivity contribution >= 4 is 28.4 Å². The Hall–Kier alpha value is -2.24. The molecule has 80 valence electrons. The van der Waals surface area contributed by atoms with Gasteiger partial charge in [-0.05, 0) is 5.56 Å². The summed E-state index contributed by atoms with van der Waals surface area (Å²) in [6.45, 7) is 0. The molecule has 0 aromatic heterocycles. The third-order valence-corrected chi connectivity index (χ3v) is 2.75. The van der Waals surface area contributed by atoms with Crippen LogP contribution >= 0.6 is 0 Å². The van der Waals surface area contributed by atoms with Gasteiger partial charge in [0.25, 0.3) is 0 Å². The Balaban J connectivity index is 2.83. The molecule has 1 aliphatic rings. The van der Waals surface area contributed by atoms with Crippen molar-refractivity contribution in [3.05, 3.63) is 16.8 Å². The molecule has 6 nitrogen and oxygen atoms in total. The second-order valence-electron chi connectivity index (χ2n) is 3.62. The van der Waals surface area contributed by atoms with Crippen LogP contribution in [0.3, 0.4) is 0 Å². The maximum Gasteiger partial charge on any atom is 0.0809 e. The van der Waals surface area contributed by atoms with Crippen LogP contribution in [0.15, 0.2) is 5.70 Å². The largest absolute Gasteiger partial charge is 0.400 e. The fourth-order valence-corrected chi connectivity index (χ4v) is 1.82. The van der Waals surface area contributed by atoms with Crippen LogP contribution in [0.25, 0.3) is 5.70 Å². The van der Waals surface area contributed by atoms with E-state index in [0.29, 0.717) is 40.4 Å². The topological polar surface area (TPSA) is 156 Å². The summed E-state index contributed by atoms with van der Waals surface area (Å²) < 4.78 is 0. The molecular formula is C9H14N6. The highest BCUT2D eigenvalue weighted by Crippen LogP contribution is 2.43. The molecule has 0 saturated heterocycles. The first-order chi connectivity index (χ1) is 6.95. The average molecular weight is 206 g/mol. The van der Waals surface area contributed by atoms with Crippen molar-refractivity contribution in [1.29, 1.82) is 0 Å². The number of rotatable bonds is 0. The van der Waals surface area contributed by atoms with Crippen LogP contribution < -0.4 is 34.4 Å². The van der Waals surface area contributed by atoms with E-state index in [-0.39, 0.29) is 5.69 Å². The highest BCUT2D eigenvalue weighted by atomic mass is 14.8. The Morgan fingerprint density at radius 3 is 1.80 bits per heavy atom. The molecule has 0 saturated carbocycles. The van der Waals surface area contributed by atoms with E-state index >= 15 is 0 Å². The van der Waals surface area contributed by atoms with Crippen LogP contribution in [-0.2, 0) is 6.42 Å². The number of hydrogen-bond acceptors (Lipinski definition) is 6. The molecule has 0 spiro atoms. The van der Waals surface area contributed by atoms with E-state index in [9.17, 15) is 0 Å². The minimum atomic E-state index is 0.268. The van der Waals surface area contributed by atoms with Gasteiger partial charge in [0.05, 0.1) is 28.4 Å². The molecule has 0 amide bonds. The highest BCUT2D eigenvalue weighted by molar-refractivity contribution is 5.98. The summed E-state index contributed by atoms with van der Waals surface area (Å²) in [4.78, 5) is 0. The first kappa shape index (κ1) is 9.32. The van der Waals surface area contributed by atoms with Crippen LogP contribution in [0.5, 0.6) is 0 Å². The van der Waals surface area contributed by atoms with Gasteiger partial charge in [0.2, 0.25) is 0 Å². The monoisotopic (exact) mass is 206 g/mol. The number of benzene rings is 1. The molecule has 1 aromatic rings. The normalized spacial score (nSPS) is 14.4. The van der Waals surface area contributed by atoms with Crippen molar-refractivity contribution in [2.75, 3.05) is 22.9 Å². The molecule has 1 aromatic carbocycles. The summed E-state index contributed by atoms with van der Waals surface area (Å²) in [5.41, 5.74) is 38.4. The van der Waals surface area contributed by atoms with Crippen LogP contribution in [0.4, 0.5) is 22.7 Å². The molecule has 0 unspecified atom stereocenters. The number of fused-ring (bicyclic) bond motifs is 1. The van der Waals surface area contributed by atoms with E-state index in [1.807, 2.05) is 0 Å². The van der Waals surface area contributed by atoms with Gasteiger partial charge in [-0.15, -0.1) is 0 Å². The molecular weight excluding hydrogens is 192 g/mol. The van der Waals surface area contributed by atoms with E-state index in [4.69, 9.17) is 34.4 Å². The second-order valence-corrected chi connectivity index (χ2v) is 3.62. The van der Waals surface area contributed by atoms with E-state index in [1.54, 1.807) is 0 Å². The standard InChI is InChI=1S/C9H14N6/c10-3-1-2-4(6(3)12)7(13)9(15)8(14)5(2)11/h1,10-15H2. The summed E-state index contributed by atoms with van der Waals surface area (Å²) in [5.74, 6) is 0. The summed E-state index contributed by atoms with van der Waals surface area (Å²) in [5, 5.41) is 0. The van der Waals surface area contributed by atoms with Gasteiger partial charge in [-0.25, -0.2) is 0 Å². The smallest absolute Gasteiger partial charge is 0.0809 e. The zero-order valence-corrected chi connectivity index (χ0v) is 8.17. The first-order valence-corrected chi connectivity index (χ1v) is 4.44. The van der Waals surface area contributed by atoms with Gasteiger partial charge >= 0.3 is 0 Å². The molecule has 2 rings (SSSR count). The summed E-state index contributed by atoms with van der Waals surface area (Å²) in [6, 6.07) is 0. The van der Waals surface area contributed by atoms with E-state index in [1.165, 1.54) is 0 Å². The Morgan fingerprint density at radius 2 is 1.20 bits per heavy atom. The van der Waals surface area contributed by atoms with Crippen molar-refractivity contribution < 1.29 is 0 Å².